The van der Waals surface area contributed by atoms with Crippen LogP contribution < -0.4 is 10.6 Å². The van der Waals surface area contributed by atoms with E-state index in [0.29, 0.717) is 4.47 Å². The standard InChI is InChI=1S/C15H21BrFN3.HI/c1-2-18-15(20-10-12-3-4-12)19-8-7-11-5-6-14(17)13(16)9-11;/h5-6,9,12H,2-4,7-8,10H2,1H3,(H2,18,19,20);1H. The summed E-state index contributed by atoms with van der Waals surface area (Å²) in [4.78, 5) is 4.56. The van der Waals surface area contributed by atoms with Gasteiger partial charge in [0.05, 0.1) is 4.47 Å². The van der Waals surface area contributed by atoms with Gasteiger partial charge in [-0.1, -0.05) is 6.07 Å². The monoisotopic (exact) mass is 469 g/mol. The molecule has 1 aromatic carbocycles. The average molecular weight is 470 g/mol. The number of hydrogen-bond acceptors (Lipinski definition) is 1. The Morgan fingerprint density at radius 1 is 1.38 bits per heavy atom. The quantitative estimate of drug-likeness (QED) is 0.378. The first-order chi connectivity index (χ1) is 9.69. The lowest BCUT2D eigenvalue weighted by molar-refractivity contribution is 0.620. The van der Waals surface area contributed by atoms with Crippen LogP contribution in [0.1, 0.15) is 25.3 Å². The van der Waals surface area contributed by atoms with Gasteiger partial charge in [0.2, 0.25) is 0 Å². The maximum Gasteiger partial charge on any atom is 0.191 e. The van der Waals surface area contributed by atoms with Crippen LogP contribution in [-0.4, -0.2) is 25.6 Å². The molecule has 1 aliphatic rings. The lowest BCUT2D eigenvalue weighted by Gasteiger charge is -2.11. The van der Waals surface area contributed by atoms with Gasteiger partial charge in [-0.05, 0) is 65.7 Å². The molecule has 1 fully saturated rings. The topological polar surface area (TPSA) is 36.4 Å². The second-order valence-corrected chi connectivity index (χ2v) is 5.94. The molecule has 21 heavy (non-hydrogen) atoms. The molecule has 1 aromatic rings. The summed E-state index contributed by atoms with van der Waals surface area (Å²) >= 11 is 3.21. The number of rotatable bonds is 6. The lowest BCUT2D eigenvalue weighted by atomic mass is 10.1. The van der Waals surface area contributed by atoms with Crippen LogP contribution in [0.5, 0.6) is 0 Å². The third-order valence-electron chi connectivity index (χ3n) is 3.24. The molecule has 1 saturated carbocycles. The first-order valence-electron chi connectivity index (χ1n) is 7.15. The van der Waals surface area contributed by atoms with Crippen molar-refractivity contribution in [3.05, 3.63) is 34.1 Å². The normalized spacial score (nSPS) is 14.5. The van der Waals surface area contributed by atoms with Crippen LogP contribution in [0.15, 0.2) is 27.7 Å². The van der Waals surface area contributed by atoms with E-state index in [4.69, 9.17) is 0 Å². The molecule has 0 amide bonds. The van der Waals surface area contributed by atoms with E-state index in [1.807, 2.05) is 12.1 Å². The Bertz CT molecular complexity index is 478. The predicted molar refractivity (Wildman–Crippen MR) is 99.9 cm³/mol. The first-order valence-corrected chi connectivity index (χ1v) is 7.94. The molecule has 3 nitrogen and oxygen atoms in total. The highest BCUT2D eigenvalue weighted by Gasteiger charge is 2.20. The van der Waals surface area contributed by atoms with Gasteiger partial charge in [0.1, 0.15) is 5.82 Å². The summed E-state index contributed by atoms with van der Waals surface area (Å²) < 4.78 is 13.7. The number of nitrogens with one attached hydrogen (secondary N) is 2. The number of guanidine groups is 1. The maximum atomic E-state index is 13.1. The molecule has 0 unspecified atom stereocenters. The van der Waals surface area contributed by atoms with E-state index >= 15 is 0 Å². The minimum atomic E-state index is -0.221. The Labute approximate surface area is 151 Å². The molecule has 6 heteroatoms. The van der Waals surface area contributed by atoms with Gasteiger partial charge in [-0.15, -0.1) is 24.0 Å². The van der Waals surface area contributed by atoms with E-state index in [2.05, 4.69) is 38.5 Å². The molecule has 1 aliphatic carbocycles. The molecule has 0 atom stereocenters. The van der Waals surface area contributed by atoms with Crippen molar-refractivity contribution in [1.29, 1.82) is 0 Å². The molecule has 2 N–H and O–H groups in total. The minimum Gasteiger partial charge on any atom is -0.357 e. The average Bonchev–Trinajstić information content (AvgIpc) is 3.24. The zero-order chi connectivity index (χ0) is 14.4. The highest BCUT2D eigenvalue weighted by molar-refractivity contribution is 14.0. The van der Waals surface area contributed by atoms with Gasteiger partial charge in [-0.25, -0.2) is 4.39 Å². The molecule has 0 spiro atoms. The van der Waals surface area contributed by atoms with Gasteiger partial charge in [-0.3, -0.25) is 4.99 Å². The molecular weight excluding hydrogens is 448 g/mol. The van der Waals surface area contributed by atoms with Gasteiger partial charge >= 0.3 is 0 Å². The predicted octanol–water partition coefficient (Wildman–Crippen LogP) is 3.71. The lowest BCUT2D eigenvalue weighted by Crippen LogP contribution is -2.38. The van der Waals surface area contributed by atoms with Crippen LogP contribution >= 0.6 is 39.9 Å². The molecule has 2 rings (SSSR count). The summed E-state index contributed by atoms with van der Waals surface area (Å²) in [6.07, 6.45) is 3.46. The van der Waals surface area contributed by atoms with Gasteiger partial charge in [-0.2, -0.15) is 0 Å². The summed E-state index contributed by atoms with van der Waals surface area (Å²) in [7, 11) is 0. The molecule has 118 valence electrons. The largest absolute Gasteiger partial charge is 0.357 e. The Balaban J connectivity index is 0.00000220. The molecule has 0 radical (unpaired) electrons. The van der Waals surface area contributed by atoms with Gasteiger partial charge in [0, 0.05) is 19.6 Å². The van der Waals surface area contributed by atoms with Crippen LogP contribution in [0, 0.1) is 11.7 Å². The molecule has 0 heterocycles. The smallest absolute Gasteiger partial charge is 0.191 e. The third kappa shape index (κ3) is 6.95. The summed E-state index contributed by atoms with van der Waals surface area (Å²) in [6.45, 7) is 4.62. The summed E-state index contributed by atoms with van der Waals surface area (Å²) in [6, 6.07) is 5.13. The fraction of sp³-hybridized carbons (Fsp3) is 0.533. The fourth-order valence-electron chi connectivity index (χ4n) is 1.88. The number of nitrogens with zero attached hydrogens (tertiary/aromatic N) is 1. The molecule has 0 aliphatic heterocycles. The highest BCUT2D eigenvalue weighted by atomic mass is 127. The van der Waals surface area contributed by atoms with Crippen LogP contribution in [0.2, 0.25) is 0 Å². The van der Waals surface area contributed by atoms with Gasteiger partial charge < -0.3 is 10.6 Å². The summed E-state index contributed by atoms with van der Waals surface area (Å²) in [5, 5.41) is 6.56. The van der Waals surface area contributed by atoms with Crippen molar-refractivity contribution >= 4 is 45.9 Å². The van der Waals surface area contributed by atoms with Crippen LogP contribution in [0.3, 0.4) is 0 Å². The Morgan fingerprint density at radius 3 is 2.76 bits per heavy atom. The number of benzene rings is 1. The molecule has 0 saturated heterocycles. The van der Waals surface area contributed by atoms with E-state index in [-0.39, 0.29) is 29.8 Å². The van der Waals surface area contributed by atoms with Crippen molar-refractivity contribution in [3.8, 4) is 0 Å². The van der Waals surface area contributed by atoms with Gasteiger partial charge in [0.25, 0.3) is 0 Å². The van der Waals surface area contributed by atoms with Crippen LogP contribution in [-0.2, 0) is 6.42 Å². The first kappa shape index (κ1) is 18.7. The van der Waals surface area contributed by atoms with Crippen molar-refractivity contribution in [2.45, 2.75) is 26.2 Å². The Hall–Kier alpha value is -0.370. The van der Waals surface area contributed by atoms with E-state index in [1.165, 1.54) is 18.9 Å². The highest BCUT2D eigenvalue weighted by Crippen LogP contribution is 2.28. The Morgan fingerprint density at radius 2 is 2.14 bits per heavy atom. The van der Waals surface area contributed by atoms with Crippen LogP contribution in [0.25, 0.3) is 0 Å². The second-order valence-electron chi connectivity index (χ2n) is 5.09. The van der Waals surface area contributed by atoms with Crippen molar-refractivity contribution in [1.82, 2.24) is 10.6 Å². The SMILES string of the molecule is CCNC(=NCC1CC1)NCCc1ccc(F)c(Br)c1.I. The Kier molecular flexibility index (Phi) is 8.55. The third-order valence-corrected chi connectivity index (χ3v) is 3.85. The van der Waals surface area contributed by atoms with Crippen molar-refractivity contribution < 1.29 is 4.39 Å². The molecule has 0 aromatic heterocycles. The maximum absolute atomic E-state index is 13.1. The minimum absolute atomic E-state index is 0. The van der Waals surface area contributed by atoms with E-state index in [9.17, 15) is 4.39 Å². The van der Waals surface area contributed by atoms with E-state index in [1.54, 1.807) is 0 Å². The molecular formula is C15H22BrFIN3. The number of halogens is 3. The van der Waals surface area contributed by atoms with Crippen molar-refractivity contribution in [2.24, 2.45) is 10.9 Å². The van der Waals surface area contributed by atoms with E-state index in [0.717, 1.165) is 43.5 Å². The van der Waals surface area contributed by atoms with Crippen molar-refractivity contribution in [2.75, 3.05) is 19.6 Å². The fourth-order valence-corrected chi connectivity index (χ4v) is 2.31. The summed E-state index contributed by atoms with van der Waals surface area (Å²) in [5.74, 6) is 1.44. The van der Waals surface area contributed by atoms with Gasteiger partial charge in [0.15, 0.2) is 5.96 Å². The molecule has 0 bridgehead atoms. The second kappa shape index (κ2) is 9.61. The van der Waals surface area contributed by atoms with E-state index < -0.39 is 0 Å². The number of aliphatic imine (C=N–C) groups is 1. The zero-order valence-electron chi connectivity index (χ0n) is 12.2. The van der Waals surface area contributed by atoms with Crippen LogP contribution in [0.4, 0.5) is 4.39 Å². The van der Waals surface area contributed by atoms with Crippen molar-refractivity contribution in [3.63, 3.8) is 0 Å². The summed E-state index contributed by atoms with van der Waals surface area (Å²) in [5.41, 5.74) is 1.10. The number of hydrogen-bond donors (Lipinski definition) is 2. The zero-order valence-corrected chi connectivity index (χ0v) is 16.1.